The number of carbonyl (C=O) groups is 1. The molecule has 1 aliphatic carbocycles. The predicted octanol–water partition coefficient (Wildman–Crippen LogP) is 1.24. The molecular formula is C16H22N2O2. The minimum Gasteiger partial charge on any atom is -0.373 e. The lowest BCUT2D eigenvalue weighted by Gasteiger charge is -2.33. The summed E-state index contributed by atoms with van der Waals surface area (Å²) in [6.07, 6.45) is 1.13. The maximum absolute atomic E-state index is 12.5. The van der Waals surface area contributed by atoms with Gasteiger partial charge in [-0.05, 0) is 24.9 Å². The summed E-state index contributed by atoms with van der Waals surface area (Å²) in [6, 6.07) is 10.4. The second-order valence-corrected chi connectivity index (χ2v) is 5.69. The number of carbonyl (C=O) groups excluding carboxylic acids is 1. The first-order valence-corrected chi connectivity index (χ1v) is 7.39. The van der Waals surface area contributed by atoms with Crippen LogP contribution in [0.3, 0.4) is 0 Å². The van der Waals surface area contributed by atoms with Crippen LogP contribution >= 0.6 is 0 Å². The van der Waals surface area contributed by atoms with Gasteiger partial charge in [0, 0.05) is 25.6 Å². The largest absolute Gasteiger partial charge is 0.373 e. The first-order chi connectivity index (χ1) is 9.79. The van der Waals surface area contributed by atoms with Crippen LogP contribution in [-0.4, -0.2) is 50.2 Å². The van der Waals surface area contributed by atoms with E-state index in [0.717, 1.165) is 26.1 Å². The van der Waals surface area contributed by atoms with Gasteiger partial charge in [-0.25, -0.2) is 0 Å². The lowest BCUT2D eigenvalue weighted by Crippen LogP contribution is -2.49. The van der Waals surface area contributed by atoms with Crippen molar-refractivity contribution in [1.29, 1.82) is 0 Å². The summed E-state index contributed by atoms with van der Waals surface area (Å²) in [7, 11) is 1.91. The summed E-state index contributed by atoms with van der Waals surface area (Å²) in [5.41, 5.74) is 1.30. The van der Waals surface area contributed by atoms with Gasteiger partial charge in [0.05, 0.1) is 12.7 Å². The van der Waals surface area contributed by atoms with E-state index in [1.54, 1.807) is 0 Å². The molecule has 1 saturated carbocycles. The van der Waals surface area contributed by atoms with Crippen LogP contribution in [0.25, 0.3) is 0 Å². The number of nitrogens with zero attached hydrogens (tertiary/aromatic N) is 1. The lowest BCUT2D eigenvalue weighted by molar-refractivity contribution is -0.140. The Kier molecular flexibility index (Phi) is 4.03. The average molecular weight is 274 g/mol. The molecule has 1 aliphatic heterocycles. The number of morpholine rings is 1. The topological polar surface area (TPSA) is 41.6 Å². The van der Waals surface area contributed by atoms with Crippen LogP contribution in [0.2, 0.25) is 0 Å². The molecule has 3 unspecified atom stereocenters. The number of amides is 1. The Hall–Kier alpha value is -1.39. The van der Waals surface area contributed by atoms with Gasteiger partial charge in [0.1, 0.15) is 0 Å². The van der Waals surface area contributed by atoms with E-state index in [9.17, 15) is 4.79 Å². The average Bonchev–Trinajstić information content (AvgIpc) is 3.29. The van der Waals surface area contributed by atoms with Crippen LogP contribution in [0.5, 0.6) is 0 Å². The van der Waals surface area contributed by atoms with Crippen molar-refractivity contribution in [3.05, 3.63) is 35.9 Å². The molecular weight excluding hydrogens is 252 g/mol. The highest BCUT2D eigenvalue weighted by Gasteiger charge is 2.46. The van der Waals surface area contributed by atoms with Crippen LogP contribution < -0.4 is 5.32 Å². The van der Waals surface area contributed by atoms with Crippen LogP contribution in [0.15, 0.2) is 30.3 Å². The fourth-order valence-electron chi connectivity index (χ4n) is 3.04. The number of nitrogens with one attached hydrogen (secondary N) is 1. The Morgan fingerprint density at radius 3 is 2.95 bits per heavy atom. The van der Waals surface area contributed by atoms with E-state index in [-0.39, 0.29) is 12.0 Å². The second-order valence-electron chi connectivity index (χ2n) is 5.69. The van der Waals surface area contributed by atoms with Crippen molar-refractivity contribution in [3.8, 4) is 0 Å². The Bertz CT molecular complexity index is 461. The Labute approximate surface area is 120 Å². The number of ether oxygens (including phenoxy) is 1. The zero-order valence-electron chi connectivity index (χ0n) is 11.9. The minimum absolute atomic E-state index is 0.131. The summed E-state index contributed by atoms with van der Waals surface area (Å²) in [5, 5.41) is 3.11. The van der Waals surface area contributed by atoms with Gasteiger partial charge >= 0.3 is 0 Å². The summed E-state index contributed by atoms with van der Waals surface area (Å²) in [6.45, 7) is 2.91. The van der Waals surface area contributed by atoms with Crippen molar-refractivity contribution in [1.82, 2.24) is 10.2 Å². The van der Waals surface area contributed by atoms with Gasteiger partial charge in [0.2, 0.25) is 5.91 Å². The summed E-state index contributed by atoms with van der Waals surface area (Å²) in [5.74, 6) is 0.920. The molecule has 20 heavy (non-hydrogen) atoms. The van der Waals surface area contributed by atoms with Gasteiger partial charge in [0.25, 0.3) is 0 Å². The number of likely N-dealkylation sites (N-methyl/N-ethyl adjacent to an activating group) is 1. The fraction of sp³-hybridized carbons (Fsp3) is 0.562. The molecule has 1 aromatic rings. The van der Waals surface area contributed by atoms with E-state index >= 15 is 0 Å². The predicted molar refractivity (Wildman–Crippen MR) is 77.5 cm³/mol. The third-order valence-electron chi connectivity index (χ3n) is 4.22. The molecule has 0 spiro atoms. The molecule has 2 aliphatic rings. The summed E-state index contributed by atoms with van der Waals surface area (Å²) >= 11 is 0. The molecule has 108 valence electrons. The Morgan fingerprint density at radius 2 is 2.20 bits per heavy atom. The molecule has 1 aromatic carbocycles. The highest BCUT2D eigenvalue weighted by atomic mass is 16.5. The van der Waals surface area contributed by atoms with E-state index in [1.807, 2.05) is 30.1 Å². The SMILES string of the molecule is CNCC1CN(C(=O)C2CC2c2ccccc2)CCO1. The highest BCUT2D eigenvalue weighted by molar-refractivity contribution is 5.83. The maximum Gasteiger partial charge on any atom is 0.226 e. The Balaban J connectivity index is 1.58. The molecule has 4 nitrogen and oxygen atoms in total. The third kappa shape index (κ3) is 2.86. The van der Waals surface area contributed by atoms with Crippen molar-refractivity contribution >= 4 is 5.91 Å². The number of hydrogen-bond acceptors (Lipinski definition) is 3. The van der Waals surface area contributed by atoms with Crippen LogP contribution in [-0.2, 0) is 9.53 Å². The van der Waals surface area contributed by atoms with E-state index in [1.165, 1.54) is 5.56 Å². The van der Waals surface area contributed by atoms with Gasteiger partial charge in [-0.15, -0.1) is 0 Å². The number of hydrogen-bond donors (Lipinski definition) is 1. The van der Waals surface area contributed by atoms with Gasteiger partial charge in [-0.2, -0.15) is 0 Å². The smallest absolute Gasteiger partial charge is 0.226 e. The van der Waals surface area contributed by atoms with Crippen molar-refractivity contribution in [2.75, 3.05) is 33.3 Å². The van der Waals surface area contributed by atoms with E-state index in [4.69, 9.17) is 4.74 Å². The number of benzene rings is 1. The first kappa shape index (κ1) is 13.6. The zero-order valence-corrected chi connectivity index (χ0v) is 11.9. The van der Waals surface area contributed by atoms with Gasteiger partial charge in [-0.1, -0.05) is 30.3 Å². The maximum atomic E-state index is 12.5. The minimum atomic E-state index is 0.131. The zero-order chi connectivity index (χ0) is 13.9. The van der Waals surface area contributed by atoms with Crippen molar-refractivity contribution in [2.24, 2.45) is 5.92 Å². The third-order valence-corrected chi connectivity index (χ3v) is 4.22. The van der Waals surface area contributed by atoms with E-state index in [0.29, 0.717) is 18.4 Å². The molecule has 4 heteroatoms. The van der Waals surface area contributed by atoms with Crippen molar-refractivity contribution in [2.45, 2.75) is 18.4 Å². The van der Waals surface area contributed by atoms with E-state index in [2.05, 4.69) is 17.4 Å². The molecule has 3 rings (SSSR count). The molecule has 2 fully saturated rings. The number of rotatable bonds is 4. The van der Waals surface area contributed by atoms with Crippen molar-refractivity contribution in [3.63, 3.8) is 0 Å². The standard InChI is InChI=1S/C16H22N2O2/c1-17-10-13-11-18(7-8-20-13)16(19)15-9-14(15)12-5-3-2-4-6-12/h2-6,13-15,17H,7-11H2,1H3. The highest BCUT2D eigenvalue weighted by Crippen LogP contribution is 2.48. The first-order valence-electron chi connectivity index (χ1n) is 7.39. The molecule has 1 saturated heterocycles. The molecule has 1 N–H and O–H groups in total. The van der Waals surface area contributed by atoms with Gasteiger partial charge in [-0.3, -0.25) is 4.79 Å². The van der Waals surface area contributed by atoms with E-state index < -0.39 is 0 Å². The fourth-order valence-corrected chi connectivity index (χ4v) is 3.04. The lowest BCUT2D eigenvalue weighted by atomic mass is 10.1. The van der Waals surface area contributed by atoms with Gasteiger partial charge in [0.15, 0.2) is 0 Å². The molecule has 0 aromatic heterocycles. The molecule has 1 heterocycles. The van der Waals surface area contributed by atoms with Crippen LogP contribution in [0.1, 0.15) is 17.9 Å². The monoisotopic (exact) mass is 274 g/mol. The molecule has 0 bridgehead atoms. The van der Waals surface area contributed by atoms with Crippen molar-refractivity contribution < 1.29 is 9.53 Å². The normalized spacial score (nSPS) is 29.2. The Morgan fingerprint density at radius 1 is 1.40 bits per heavy atom. The molecule has 0 radical (unpaired) electrons. The van der Waals surface area contributed by atoms with Crippen LogP contribution in [0.4, 0.5) is 0 Å². The summed E-state index contributed by atoms with van der Waals surface area (Å²) in [4.78, 5) is 14.5. The van der Waals surface area contributed by atoms with Crippen LogP contribution in [0, 0.1) is 5.92 Å². The van der Waals surface area contributed by atoms with Gasteiger partial charge < -0.3 is 15.0 Å². The molecule has 1 amide bonds. The molecule has 3 atom stereocenters. The summed E-state index contributed by atoms with van der Waals surface area (Å²) < 4.78 is 5.65. The second kappa shape index (κ2) is 5.94. The quantitative estimate of drug-likeness (QED) is 0.898.